The lowest BCUT2D eigenvalue weighted by molar-refractivity contribution is -0.369. The molecule has 0 saturated carbocycles. The van der Waals surface area contributed by atoms with E-state index in [1.54, 1.807) is 6.92 Å². The third-order valence-electron chi connectivity index (χ3n) is 7.43. The number of fused-ring (bicyclic) bond motifs is 5. The molecule has 0 saturated heterocycles. The first-order valence-electron chi connectivity index (χ1n) is 12.2. The van der Waals surface area contributed by atoms with Crippen molar-refractivity contribution < 1.29 is 23.3 Å². The summed E-state index contributed by atoms with van der Waals surface area (Å²) in [4.78, 5) is 12.3. The molecule has 0 radical (unpaired) electrons. The van der Waals surface area contributed by atoms with Crippen LogP contribution in [-0.2, 0) is 4.74 Å². The lowest BCUT2D eigenvalue weighted by atomic mass is 9.78. The predicted octanol–water partition coefficient (Wildman–Crippen LogP) is 6.73. The molecular weight excluding hydrogens is 599 g/mol. The predicted molar refractivity (Wildman–Crippen MR) is 151 cm³/mol. The Morgan fingerprint density at radius 1 is 1.00 bits per heavy atom. The van der Waals surface area contributed by atoms with Gasteiger partial charge in [0.2, 0.25) is 0 Å². The van der Waals surface area contributed by atoms with Crippen LogP contribution in [0.4, 0.5) is 0 Å². The van der Waals surface area contributed by atoms with E-state index in [2.05, 4.69) is 68.5 Å². The monoisotopic (exact) mass is 622 g/mol. The van der Waals surface area contributed by atoms with Crippen LogP contribution in [0.1, 0.15) is 53.6 Å². The van der Waals surface area contributed by atoms with Crippen LogP contribution in [0.2, 0.25) is 0 Å². The molecule has 3 aromatic rings. The summed E-state index contributed by atoms with van der Waals surface area (Å²) < 4.78 is 25.2. The van der Waals surface area contributed by atoms with E-state index >= 15 is 0 Å². The molecule has 37 heavy (non-hydrogen) atoms. The standard InChI is InChI=1S/C28H25BBr2N2O4/c1-6-35-28(34)20-13-11-19(12-14-20)23-26-15(2)24(30)17(4)32(26)29(33-18(5)25(31)16(3)27(23)33)36-21-9-7-8-10-22(21)37-29/h7-14H,6H2,1-5H3. The van der Waals surface area contributed by atoms with Gasteiger partial charge in [0.25, 0.3) is 0 Å². The van der Waals surface area contributed by atoms with Crippen molar-refractivity contribution in [1.82, 2.24) is 4.48 Å². The van der Waals surface area contributed by atoms with Gasteiger partial charge in [0.05, 0.1) is 22.2 Å². The molecule has 6 nitrogen and oxygen atoms in total. The van der Waals surface area contributed by atoms with Gasteiger partial charge < -0.3 is 23.0 Å². The zero-order chi connectivity index (χ0) is 26.2. The Hall–Kier alpha value is -3.04. The molecule has 0 bridgehead atoms. The van der Waals surface area contributed by atoms with Gasteiger partial charge in [-0.3, -0.25) is 0 Å². The molecule has 3 aliphatic rings. The molecule has 6 rings (SSSR count). The zero-order valence-electron chi connectivity index (χ0n) is 21.2. The van der Waals surface area contributed by atoms with Crippen LogP contribution in [0.15, 0.2) is 68.8 Å². The average molecular weight is 624 g/mol. The minimum Gasteiger partial charge on any atom is -0.599 e. The molecule has 3 aliphatic heterocycles. The van der Waals surface area contributed by atoms with E-state index in [4.69, 9.17) is 14.0 Å². The number of rotatable bonds is 3. The molecule has 1 spiro atoms. The third kappa shape index (κ3) is 3.23. The number of benzene rings is 2. The molecule has 0 aliphatic carbocycles. The summed E-state index contributed by atoms with van der Waals surface area (Å²) in [6.07, 6.45) is 0. The van der Waals surface area contributed by atoms with Crippen molar-refractivity contribution in [1.29, 1.82) is 0 Å². The number of hydrogen-bond acceptors (Lipinski definition) is 4. The van der Waals surface area contributed by atoms with Crippen LogP contribution in [0.25, 0.3) is 5.57 Å². The molecule has 188 valence electrons. The van der Waals surface area contributed by atoms with Crippen molar-refractivity contribution in [3.8, 4) is 11.5 Å². The summed E-state index contributed by atoms with van der Waals surface area (Å²) in [5, 5.41) is 0. The minimum absolute atomic E-state index is 0.327. The Bertz CT molecular complexity index is 1590. The number of nitrogens with zero attached hydrogens (tertiary/aromatic N) is 2. The van der Waals surface area contributed by atoms with Gasteiger partial charge in [0, 0.05) is 28.4 Å². The van der Waals surface area contributed by atoms with Crippen LogP contribution in [0, 0.1) is 13.8 Å². The van der Waals surface area contributed by atoms with Crippen LogP contribution in [0.5, 0.6) is 11.5 Å². The van der Waals surface area contributed by atoms with Gasteiger partial charge in [-0.2, -0.15) is 0 Å². The van der Waals surface area contributed by atoms with Gasteiger partial charge in [-0.1, -0.05) is 24.3 Å². The smallest absolute Gasteiger partial charge is 0.599 e. The molecule has 0 atom stereocenters. The molecule has 2 aromatic carbocycles. The first kappa shape index (κ1) is 24.3. The quantitative estimate of drug-likeness (QED) is 0.240. The fourth-order valence-electron chi connectivity index (χ4n) is 5.79. The number of carbonyl (C=O) groups is 1. The van der Waals surface area contributed by atoms with Crippen LogP contribution >= 0.6 is 31.9 Å². The lowest BCUT2D eigenvalue weighted by Gasteiger charge is -2.39. The van der Waals surface area contributed by atoms with Gasteiger partial charge in [0.1, 0.15) is 17.2 Å². The average Bonchev–Trinajstić information content (AvgIpc) is 3.46. The zero-order valence-corrected chi connectivity index (χ0v) is 24.4. The number of halogens is 2. The Morgan fingerprint density at radius 2 is 1.62 bits per heavy atom. The largest absolute Gasteiger partial charge is 0.780 e. The van der Waals surface area contributed by atoms with Gasteiger partial charge >= 0.3 is 12.8 Å². The highest BCUT2D eigenvalue weighted by atomic mass is 79.9. The third-order valence-corrected chi connectivity index (χ3v) is 9.77. The SMILES string of the molecule is CCOC(=O)c1ccc(C2=C3C(C)=C(Br)C(C)=[N+]3[B-]3(Oc4ccccc4O3)n3c(C)c(Br)c(C)c32)cc1. The fraction of sp³-hybridized carbons (Fsp3) is 0.214. The molecule has 0 amide bonds. The molecular formula is C28H25BBr2N2O4. The summed E-state index contributed by atoms with van der Waals surface area (Å²) in [7, 11) is 0. The summed E-state index contributed by atoms with van der Waals surface area (Å²) in [6, 6.07) is 15.4. The molecule has 1 aromatic heterocycles. The number of aromatic nitrogens is 1. The van der Waals surface area contributed by atoms with E-state index < -0.39 is 6.82 Å². The normalized spacial score (nSPS) is 17.1. The molecule has 0 fully saturated rings. The first-order chi connectivity index (χ1) is 17.7. The maximum atomic E-state index is 12.3. The number of carbonyl (C=O) groups excluding carboxylic acids is 1. The molecule has 9 heteroatoms. The minimum atomic E-state index is -2.19. The molecule has 0 unspecified atom stereocenters. The Kier molecular flexibility index (Phi) is 5.58. The second-order valence-corrected chi connectivity index (χ2v) is 11.1. The fourth-order valence-corrected chi connectivity index (χ4v) is 6.55. The lowest BCUT2D eigenvalue weighted by Crippen LogP contribution is -2.65. The summed E-state index contributed by atoms with van der Waals surface area (Å²) in [6.45, 7) is 8.32. The van der Waals surface area contributed by atoms with E-state index in [0.29, 0.717) is 23.7 Å². The van der Waals surface area contributed by atoms with Crippen molar-refractivity contribution in [2.45, 2.75) is 34.6 Å². The van der Waals surface area contributed by atoms with Crippen molar-refractivity contribution in [3.05, 3.63) is 96.8 Å². The Morgan fingerprint density at radius 3 is 2.22 bits per heavy atom. The van der Waals surface area contributed by atoms with Crippen LogP contribution < -0.4 is 9.31 Å². The Labute approximate surface area is 232 Å². The van der Waals surface area contributed by atoms with Crippen molar-refractivity contribution in [2.75, 3.05) is 6.61 Å². The maximum Gasteiger partial charge on any atom is 0.780 e. The van der Waals surface area contributed by atoms with E-state index in [1.807, 2.05) is 48.5 Å². The van der Waals surface area contributed by atoms with Gasteiger partial charge in [-0.05, 0) is 94.9 Å². The number of para-hydroxylation sites is 2. The van der Waals surface area contributed by atoms with Crippen molar-refractivity contribution in [3.63, 3.8) is 0 Å². The highest BCUT2D eigenvalue weighted by molar-refractivity contribution is 9.12. The number of ether oxygens (including phenoxy) is 1. The summed E-state index contributed by atoms with van der Waals surface area (Å²) in [5.41, 5.74) is 8.78. The van der Waals surface area contributed by atoms with Gasteiger partial charge in [0.15, 0.2) is 5.70 Å². The second kappa shape index (κ2) is 8.50. The first-order valence-corrected chi connectivity index (χ1v) is 13.8. The highest BCUT2D eigenvalue weighted by Gasteiger charge is 2.63. The van der Waals surface area contributed by atoms with Gasteiger partial charge in [-0.25, -0.2) is 4.79 Å². The summed E-state index contributed by atoms with van der Waals surface area (Å²) >= 11 is 7.69. The highest BCUT2D eigenvalue weighted by Crippen LogP contribution is 2.51. The Balaban J connectivity index is 1.67. The number of esters is 1. The van der Waals surface area contributed by atoms with Crippen LogP contribution in [-0.4, -0.2) is 34.1 Å². The summed E-state index contributed by atoms with van der Waals surface area (Å²) in [5.74, 6) is 1.10. The van der Waals surface area contributed by atoms with E-state index in [1.165, 1.54) is 0 Å². The second-order valence-electron chi connectivity index (χ2n) is 9.47. The van der Waals surface area contributed by atoms with Crippen LogP contribution in [0.3, 0.4) is 0 Å². The molecule has 0 N–H and O–H groups in total. The molecule has 4 heterocycles. The topological polar surface area (TPSA) is 52.7 Å². The van der Waals surface area contributed by atoms with Crippen molar-refractivity contribution in [2.24, 2.45) is 0 Å². The maximum absolute atomic E-state index is 12.3. The van der Waals surface area contributed by atoms with Crippen molar-refractivity contribution >= 4 is 55.9 Å². The van der Waals surface area contributed by atoms with E-state index in [0.717, 1.165) is 54.0 Å². The van der Waals surface area contributed by atoms with E-state index in [-0.39, 0.29) is 5.97 Å². The van der Waals surface area contributed by atoms with Gasteiger partial charge in [-0.15, -0.1) is 0 Å². The number of allylic oxidation sites excluding steroid dienone is 2. The van der Waals surface area contributed by atoms with E-state index in [9.17, 15) is 4.79 Å². The number of hydrogen-bond donors (Lipinski definition) is 0.